The minimum Gasteiger partial charge on any atom is -0.444 e. The Bertz CT molecular complexity index is 1160. The molecule has 0 aliphatic heterocycles. The van der Waals surface area contributed by atoms with Gasteiger partial charge in [0.25, 0.3) is 0 Å². The zero-order valence-electron chi connectivity index (χ0n) is 20.9. The fourth-order valence-electron chi connectivity index (χ4n) is 2.99. The summed E-state index contributed by atoms with van der Waals surface area (Å²) in [6.45, 7) is 7.28. The molecule has 2 N–H and O–H groups in total. The van der Waals surface area contributed by atoms with Gasteiger partial charge >= 0.3 is 12.2 Å². The number of aromatic nitrogens is 4. The number of anilines is 1. The van der Waals surface area contributed by atoms with Crippen LogP contribution in [0, 0.1) is 0 Å². The lowest BCUT2D eigenvalue weighted by molar-refractivity contribution is 0.0523. The Morgan fingerprint density at radius 1 is 0.972 bits per heavy atom. The Balaban J connectivity index is 1.56. The molecule has 11 heteroatoms. The predicted octanol–water partition coefficient (Wildman–Crippen LogP) is 3.78. The minimum absolute atomic E-state index is 0.0751. The highest BCUT2D eigenvalue weighted by atomic mass is 16.6. The van der Waals surface area contributed by atoms with Crippen LogP contribution in [0.25, 0.3) is 11.4 Å². The topological polar surface area (TPSA) is 140 Å². The fourth-order valence-corrected chi connectivity index (χ4v) is 2.99. The molecule has 0 bridgehead atoms. The Morgan fingerprint density at radius 3 is 2.11 bits per heavy atom. The highest BCUT2D eigenvalue weighted by Crippen LogP contribution is 2.19. The average molecular weight is 495 g/mol. The van der Waals surface area contributed by atoms with E-state index in [0.29, 0.717) is 23.6 Å². The third kappa shape index (κ3) is 7.44. The normalized spacial score (nSPS) is 11.9. The van der Waals surface area contributed by atoms with Gasteiger partial charge in [0.15, 0.2) is 6.10 Å². The summed E-state index contributed by atoms with van der Waals surface area (Å²) in [7, 11) is 1.58. The third-order valence-corrected chi connectivity index (χ3v) is 4.96. The van der Waals surface area contributed by atoms with Gasteiger partial charge in [-0.15, -0.1) is 20.4 Å². The molecular weight excluding hydrogens is 464 g/mol. The number of aliphatic hydroxyl groups is 1. The van der Waals surface area contributed by atoms with Gasteiger partial charge in [-0.1, -0.05) is 36.4 Å². The zero-order chi connectivity index (χ0) is 26.3. The fraction of sp³-hybridized carbons (Fsp3) is 0.360. The second-order valence-electron chi connectivity index (χ2n) is 9.04. The molecule has 0 aliphatic carbocycles. The lowest BCUT2D eigenvalue weighted by Gasteiger charge is -2.19. The average Bonchev–Trinajstić information content (AvgIpc) is 2.86. The number of ether oxygens (including phenoxy) is 2. The lowest BCUT2D eigenvalue weighted by Crippen LogP contribution is -2.32. The monoisotopic (exact) mass is 494 g/mol. The van der Waals surface area contributed by atoms with Crippen molar-refractivity contribution in [1.82, 2.24) is 25.7 Å². The molecule has 36 heavy (non-hydrogen) atoms. The smallest absolute Gasteiger partial charge is 0.414 e. The number of hydrogen-bond acceptors (Lipinski definition) is 9. The maximum Gasteiger partial charge on any atom is 0.414 e. The molecule has 1 aromatic heterocycles. The van der Waals surface area contributed by atoms with Gasteiger partial charge in [0, 0.05) is 24.8 Å². The van der Waals surface area contributed by atoms with Gasteiger partial charge in [0.1, 0.15) is 5.60 Å². The van der Waals surface area contributed by atoms with E-state index in [2.05, 4.69) is 25.7 Å². The number of carbonyl (C=O) groups excluding carboxylic acids is 2. The van der Waals surface area contributed by atoms with E-state index in [1.165, 1.54) is 4.90 Å². The van der Waals surface area contributed by atoms with Crippen LogP contribution in [0.1, 0.15) is 50.8 Å². The quantitative estimate of drug-likeness (QED) is 0.502. The summed E-state index contributed by atoms with van der Waals surface area (Å²) in [6.07, 6.45) is -1.85. The third-order valence-electron chi connectivity index (χ3n) is 4.96. The number of nitrogens with zero attached hydrogens (tertiary/aromatic N) is 5. The first-order chi connectivity index (χ1) is 17.1. The number of hydrogen-bond donors (Lipinski definition) is 2. The van der Waals surface area contributed by atoms with Crippen molar-refractivity contribution in [1.29, 1.82) is 0 Å². The molecule has 0 spiro atoms. The summed E-state index contributed by atoms with van der Waals surface area (Å²) in [5.74, 6) is 0.472. The molecule has 2 aromatic carbocycles. The van der Waals surface area contributed by atoms with Crippen LogP contribution in [0.5, 0.6) is 0 Å². The second kappa shape index (κ2) is 11.5. The van der Waals surface area contributed by atoms with Crippen LogP contribution in [-0.4, -0.2) is 50.3 Å². The molecule has 1 heterocycles. The number of carbonyl (C=O) groups is 2. The van der Waals surface area contributed by atoms with E-state index in [1.807, 2.05) is 12.1 Å². The highest BCUT2D eigenvalue weighted by Gasteiger charge is 2.20. The number of nitrogens with one attached hydrogen (secondary N) is 1. The summed E-state index contributed by atoms with van der Waals surface area (Å²) >= 11 is 0. The van der Waals surface area contributed by atoms with Crippen molar-refractivity contribution in [2.45, 2.75) is 52.6 Å². The van der Waals surface area contributed by atoms with E-state index in [4.69, 9.17) is 14.6 Å². The van der Waals surface area contributed by atoms with Crippen molar-refractivity contribution in [3.63, 3.8) is 0 Å². The summed E-state index contributed by atoms with van der Waals surface area (Å²) in [5, 5.41) is 28.2. The first-order valence-electron chi connectivity index (χ1n) is 11.3. The van der Waals surface area contributed by atoms with Crippen molar-refractivity contribution >= 4 is 17.9 Å². The van der Waals surface area contributed by atoms with Crippen molar-refractivity contribution in [3.8, 4) is 11.4 Å². The molecule has 0 aliphatic rings. The molecule has 190 valence electrons. The predicted molar refractivity (Wildman–Crippen MR) is 132 cm³/mol. The number of aliphatic hydroxyl groups excluding tert-OH is 1. The van der Waals surface area contributed by atoms with Crippen LogP contribution in [0.2, 0.25) is 0 Å². The van der Waals surface area contributed by atoms with Gasteiger partial charge in [-0.05, 0) is 51.0 Å². The number of benzene rings is 2. The van der Waals surface area contributed by atoms with Gasteiger partial charge in [0.2, 0.25) is 11.6 Å². The Labute approximate surface area is 209 Å². The first kappa shape index (κ1) is 26.5. The largest absolute Gasteiger partial charge is 0.444 e. The molecule has 11 nitrogen and oxygen atoms in total. The number of alkyl carbamates (subject to hydrolysis) is 1. The summed E-state index contributed by atoms with van der Waals surface area (Å²) in [5.41, 5.74) is 2.36. The van der Waals surface area contributed by atoms with Crippen molar-refractivity contribution in [3.05, 3.63) is 65.5 Å². The molecule has 3 aromatic rings. The molecule has 3 rings (SSSR count). The molecule has 0 fully saturated rings. The van der Waals surface area contributed by atoms with E-state index in [1.54, 1.807) is 71.1 Å². The van der Waals surface area contributed by atoms with Crippen molar-refractivity contribution in [2.75, 3.05) is 11.9 Å². The molecule has 0 radical (unpaired) electrons. The van der Waals surface area contributed by atoms with Gasteiger partial charge < -0.3 is 19.9 Å². The summed E-state index contributed by atoms with van der Waals surface area (Å²) < 4.78 is 10.7. The van der Waals surface area contributed by atoms with Crippen molar-refractivity contribution in [2.24, 2.45) is 0 Å². The lowest BCUT2D eigenvalue weighted by atomic mass is 10.1. The summed E-state index contributed by atoms with van der Waals surface area (Å²) in [6, 6.07) is 14.1. The number of rotatable bonds is 7. The van der Waals surface area contributed by atoms with Gasteiger partial charge in [-0.25, -0.2) is 9.59 Å². The van der Waals surface area contributed by atoms with Gasteiger partial charge in [-0.2, -0.15) is 0 Å². The Morgan fingerprint density at radius 2 is 1.56 bits per heavy atom. The maximum absolute atomic E-state index is 12.5. The van der Waals surface area contributed by atoms with Crippen LogP contribution in [0.3, 0.4) is 0 Å². The van der Waals surface area contributed by atoms with Crippen LogP contribution in [-0.2, 0) is 22.6 Å². The highest BCUT2D eigenvalue weighted by molar-refractivity contribution is 5.87. The van der Waals surface area contributed by atoms with E-state index in [-0.39, 0.29) is 12.4 Å². The molecule has 1 atom stereocenters. The molecule has 0 saturated carbocycles. The Kier molecular flexibility index (Phi) is 8.49. The van der Waals surface area contributed by atoms with E-state index in [9.17, 15) is 9.59 Å². The molecule has 1 unspecified atom stereocenters. The second-order valence-corrected chi connectivity index (χ2v) is 9.04. The minimum atomic E-state index is -0.771. The maximum atomic E-state index is 12.5. The van der Waals surface area contributed by atoms with Gasteiger partial charge in [-0.3, -0.25) is 4.90 Å². The van der Waals surface area contributed by atoms with E-state index in [0.717, 1.165) is 11.1 Å². The molecular formula is C25H30N6O5. The Hall–Kier alpha value is -4.12. The first-order valence-corrected chi connectivity index (χ1v) is 11.3. The SMILES string of the molecule is CC(OC(=O)N(C)c1ccc(CO)cc1)c1nnc(-c2ccc(CNC(=O)OC(C)(C)C)cc2)nn1. The van der Waals surface area contributed by atoms with Crippen LogP contribution in [0.15, 0.2) is 48.5 Å². The summed E-state index contributed by atoms with van der Waals surface area (Å²) in [4.78, 5) is 25.6. The van der Waals surface area contributed by atoms with E-state index >= 15 is 0 Å². The standard InChI is InChI=1S/C25H30N6O5/c1-16(35-24(34)31(5)20-12-8-18(15-32)9-13-20)21-27-29-22(30-28-21)19-10-6-17(7-11-19)14-26-23(33)36-25(2,3)4/h6-13,16,32H,14-15H2,1-5H3,(H,26,33). The zero-order valence-corrected chi connectivity index (χ0v) is 20.9. The van der Waals surface area contributed by atoms with Crippen LogP contribution >= 0.6 is 0 Å². The number of amides is 2. The van der Waals surface area contributed by atoms with Crippen molar-refractivity contribution < 1.29 is 24.2 Å². The molecule has 0 saturated heterocycles. The molecule has 2 amide bonds. The van der Waals surface area contributed by atoms with Crippen LogP contribution in [0.4, 0.5) is 15.3 Å². The van der Waals surface area contributed by atoms with E-state index < -0.39 is 23.9 Å². The van der Waals surface area contributed by atoms with Crippen LogP contribution < -0.4 is 10.2 Å². The van der Waals surface area contributed by atoms with Gasteiger partial charge in [0.05, 0.1) is 6.61 Å².